The molecule has 0 unspecified atom stereocenters. The molecule has 0 amide bonds. The van der Waals surface area contributed by atoms with Crippen molar-refractivity contribution in [1.82, 2.24) is 4.98 Å². The number of aromatic nitrogens is 1. The van der Waals surface area contributed by atoms with Gasteiger partial charge in [-0.05, 0) is 30.7 Å². The highest BCUT2D eigenvalue weighted by molar-refractivity contribution is 7.09. The first-order valence-electron chi connectivity index (χ1n) is 5.45. The molecule has 2 rings (SSSR count). The van der Waals surface area contributed by atoms with Gasteiger partial charge in [0.1, 0.15) is 5.75 Å². The van der Waals surface area contributed by atoms with E-state index in [1.165, 1.54) is 0 Å². The lowest BCUT2D eigenvalue weighted by Gasteiger charge is -2.05. The molecule has 2 aromatic rings. The third kappa shape index (κ3) is 2.65. The fourth-order valence-corrected chi connectivity index (χ4v) is 2.49. The normalized spacial score (nSPS) is 10.5. The second kappa shape index (κ2) is 5.29. The van der Waals surface area contributed by atoms with Gasteiger partial charge in [-0.1, -0.05) is 0 Å². The monoisotopic (exact) mass is 249 g/mol. The molecule has 0 bridgehead atoms. The zero-order valence-electron chi connectivity index (χ0n) is 9.93. The maximum atomic E-state index is 8.86. The van der Waals surface area contributed by atoms with Gasteiger partial charge in [-0.3, -0.25) is 0 Å². The van der Waals surface area contributed by atoms with Crippen molar-refractivity contribution in [2.24, 2.45) is 0 Å². The van der Waals surface area contributed by atoms with Gasteiger partial charge in [-0.25, -0.2) is 4.98 Å². The van der Waals surface area contributed by atoms with E-state index >= 15 is 0 Å². The fraction of sp³-hybridized carbons (Fsp3) is 0.308. The molecule has 0 saturated heterocycles. The summed E-state index contributed by atoms with van der Waals surface area (Å²) in [5.41, 5.74) is 3.15. The van der Waals surface area contributed by atoms with Crippen LogP contribution >= 0.6 is 11.3 Å². The smallest absolute Gasteiger partial charge is 0.121 e. The number of aliphatic hydroxyl groups is 1. The maximum absolute atomic E-state index is 8.86. The molecule has 0 spiro atoms. The number of rotatable bonds is 4. The quantitative estimate of drug-likeness (QED) is 0.905. The number of aryl methyl sites for hydroxylation is 1. The molecule has 1 N–H and O–H groups in total. The summed E-state index contributed by atoms with van der Waals surface area (Å²) in [5, 5.41) is 11.9. The third-order valence-corrected chi connectivity index (χ3v) is 3.48. The van der Waals surface area contributed by atoms with Gasteiger partial charge in [0.05, 0.1) is 17.8 Å². The van der Waals surface area contributed by atoms with Gasteiger partial charge in [0.2, 0.25) is 0 Å². The fourth-order valence-electron chi connectivity index (χ4n) is 1.69. The Balaban J connectivity index is 2.29. The predicted octanol–water partition coefficient (Wildman–Crippen LogP) is 2.66. The van der Waals surface area contributed by atoms with Crippen molar-refractivity contribution in [3.8, 4) is 17.0 Å². The second-order valence-electron chi connectivity index (χ2n) is 3.78. The first kappa shape index (κ1) is 12.1. The average Bonchev–Trinajstić information content (AvgIpc) is 2.78. The van der Waals surface area contributed by atoms with Crippen molar-refractivity contribution < 1.29 is 9.84 Å². The van der Waals surface area contributed by atoms with Crippen molar-refractivity contribution in [2.75, 3.05) is 13.7 Å². The van der Waals surface area contributed by atoms with E-state index < -0.39 is 0 Å². The summed E-state index contributed by atoms with van der Waals surface area (Å²) in [5.74, 6) is 0.888. The minimum atomic E-state index is 0.147. The highest BCUT2D eigenvalue weighted by Gasteiger charge is 2.06. The van der Waals surface area contributed by atoms with Crippen molar-refractivity contribution in [3.63, 3.8) is 0 Å². The van der Waals surface area contributed by atoms with Gasteiger partial charge >= 0.3 is 0 Å². The maximum Gasteiger partial charge on any atom is 0.121 e. The molecule has 0 fully saturated rings. The van der Waals surface area contributed by atoms with Crippen molar-refractivity contribution in [3.05, 3.63) is 34.2 Å². The van der Waals surface area contributed by atoms with Crippen LogP contribution in [0.1, 0.15) is 10.6 Å². The topological polar surface area (TPSA) is 42.4 Å². The number of aliphatic hydroxyl groups excluding tert-OH is 1. The van der Waals surface area contributed by atoms with Crippen LogP contribution < -0.4 is 4.74 Å². The van der Waals surface area contributed by atoms with Crippen LogP contribution in [0.3, 0.4) is 0 Å². The molecule has 0 radical (unpaired) electrons. The van der Waals surface area contributed by atoms with E-state index in [2.05, 4.69) is 11.1 Å². The predicted molar refractivity (Wildman–Crippen MR) is 69.6 cm³/mol. The van der Waals surface area contributed by atoms with Crippen LogP contribution in [-0.2, 0) is 6.42 Å². The molecular weight excluding hydrogens is 234 g/mol. The van der Waals surface area contributed by atoms with Crippen LogP contribution in [0.4, 0.5) is 0 Å². The van der Waals surface area contributed by atoms with E-state index in [1.807, 2.05) is 24.4 Å². The summed E-state index contributed by atoms with van der Waals surface area (Å²) in [6.07, 6.45) is 0.625. The Morgan fingerprint density at radius 1 is 1.41 bits per heavy atom. The SMILES string of the molecule is COc1ccc(-c2csc(CCO)n2)cc1C. The Labute approximate surface area is 105 Å². The van der Waals surface area contributed by atoms with Crippen molar-refractivity contribution in [2.45, 2.75) is 13.3 Å². The standard InChI is InChI=1S/C13H15NO2S/c1-9-7-10(3-4-12(9)16-2)11-8-17-13(14-11)5-6-15/h3-4,7-8,15H,5-6H2,1-2H3. The summed E-state index contributed by atoms with van der Waals surface area (Å²) in [4.78, 5) is 4.48. The van der Waals surface area contributed by atoms with E-state index in [9.17, 15) is 0 Å². The summed E-state index contributed by atoms with van der Waals surface area (Å²) >= 11 is 1.58. The molecule has 17 heavy (non-hydrogen) atoms. The molecular formula is C13H15NO2S. The number of nitrogens with zero attached hydrogens (tertiary/aromatic N) is 1. The molecule has 1 heterocycles. The Hall–Kier alpha value is -1.39. The average molecular weight is 249 g/mol. The lowest BCUT2D eigenvalue weighted by molar-refractivity contribution is 0.299. The Morgan fingerprint density at radius 3 is 2.88 bits per heavy atom. The Bertz CT molecular complexity index is 508. The lowest BCUT2D eigenvalue weighted by Crippen LogP contribution is -1.90. The van der Waals surface area contributed by atoms with E-state index in [0.717, 1.165) is 27.6 Å². The molecule has 3 nitrogen and oxygen atoms in total. The highest BCUT2D eigenvalue weighted by Crippen LogP contribution is 2.27. The summed E-state index contributed by atoms with van der Waals surface area (Å²) in [7, 11) is 1.67. The van der Waals surface area contributed by atoms with Crippen LogP contribution in [0.15, 0.2) is 23.6 Å². The molecule has 0 aliphatic heterocycles. The molecule has 1 aromatic heterocycles. The Kier molecular flexibility index (Phi) is 3.76. The van der Waals surface area contributed by atoms with Crippen molar-refractivity contribution in [1.29, 1.82) is 0 Å². The van der Waals surface area contributed by atoms with Crippen LogP contribution in [0.25, 0.3) is 11.3 Å². The number of hydrogen-bond donors (Lipinski definition) is 1. The van der Waals surface area contributed by atoms with E-state index in [0.29, 0.717) is 6.42 Å². The molecule has 0 saturated carbocycles. The second-order valence-corrected chi connectivity index (χ2v) is 4.73. The van der Waals surface area contributed by atoms with Gasteiger partial charge in [0.15, 0.2) is 0 Å². The number of thiazole rings is 1. The van der Waals surface area contributed by atoms with E-state index in [4.69, 9.17) is 9.84 Å². The van der Waals surface area contributed by atoms with Gasteiger partial charge in [0.25, 0.3) is 0 Å². The first-order chi connectivity index (χ1) is 8.24. The zero-order valence-corrected chi connectivity index (χ0v) is 10.8. The molecule has 0 atom stereocenters. The van der Waals surface area contributed by atoms with Crippen LogP contribution in [-0.4, -0.2) is 23.8 Å². The van der Waals surface area contributed by atoms with Crippen molar-refractivity contribution >= 4 is 11.3 Å². The van der Waals surface area contributed by atoms with Crippen LogP contribution in [0.2, 0.25) is 0 Å². The minimum Gasteiger partial charge on any atom is -0.496 e. The number of ether oxygens (including phenoxy) is 1. The number of hydrogen-bond acceptors (Lipinski definition) is 4. The lowest BCUT2D eigenvalue weighted by atomic mass is 10.1. The number of methoxy groups -OCH3 is 1. The van der Waals surface area contributed by atoms with Gasteiger partial charge in [0, 0.05) is 24.0 Å². The molecule has 90 valence electrons. The van der Waals surface area contributed by atoms with Gasteiger partial charge < -0.3 is 9.84 Å². The first-order valence-corrected chi connectivity index (χ1v) is 6.33. The summed E-state index contributed by atoms with van der Waals surface area (Å²) in [6.45, 7) is 2.16. The van der Waals surface area contributed by atoms with Gasteiger partial charge in [-0.2, -0.15) is 0 Å². The third-order valence-electron chi connectivity index (χ3n) is 2.57. The summed E-state index contributed by atoms with van der Waals surface area (Å²) < 4.78 is 5.23. The summed E-state index contributed by atoms with van der Waals surface area (Å²) in [6, 6.07) is 6.02. The zero-order chi connectivity index (χ0) is 12.3. The van der Waals surface area contributed by atoms with E-state index in [1.54, 1.807) is 18.4 Å². The molecule has 0 aliphatic carbocycles. The molecule has 1 aromatic carbocycles. The Morgan fingerprint density at radius 2 is 2.24 bits per heavy atom. The molecule has 4 heteroatoms. The van der Waals surface area contributed by atoms with Crippen LogP contribution in [0.5, 0.6) is 5.75 Å². The van der Waals surface area contributed by atoms with Crippen LogP contribution in [0, 0.1) is 6.92 Å². The minimum absolute atomic E-state index is 0.147. The van der Waals surface area contributed by atoms with Gasteiger partial charge in [-0.15, -0.1) is 11.3 Å². The highest BCUT2D eigenvalue weighted by atomic mass is 32.1. The molecule has 0 aliphatic rings. The largest absolute Gasteiger partial charge is 0.496 e. The number of benzene rings is 1. The van der Waals surface area contributed by atoms with E-state index in [-0.39, 0.29) is 6.61 Å².